The van der Waals surface area contributed by atoms with Crippen molar-refractivity contribution in [1.82, 2.24) is 10.2 Å². The minimum atomic E-state index is -0.499. The quantitative estimate of drug-likeness (QED) is 0.224. The SMILES string of the molecule is COc1ccc(CCNC(N)=NCCCN(C(=O)OC(C)(C)C)C(C)C)cc1.I. The maximum absolute atomic E-state index is 12.3. The average Bonchev–Trinajstić information content (AvgIpc) is 2.60. The summed E-state index contributed by atoms with van der Waals surface area (Å²) in [6, 6.07) is 8.02. The van der Waals surface area contributed by atoms with Gasteiger partial charge in [-0.15, -0.1) is 24.0 Å². The minimum absolute atomic E-state index is 0. The number of aliphatic imine (C=N–C) groups is 1. The van der Waals surface area contributed by atoms with Crippen LogP contribution in [0.2, 0.25) is 0 Å². The Hall–Kier alpha value is -1.71. The number of benzene rings is 1. The van der Waals surface area contributed by atoms with E-state index >= 15 is 0 Å². The monoisotopic (exact) mass is 520 g/mol. The van der Waals surface area contributed by atoms with Crippen molar-refractivity contribution >= 4 is 36.0 Å². The van der Waals surface area contributed by atoms with Gasteiger partial charge in [-0.2, -0.15) is 0 Å². The molecule has 7 nitrogen and oxygen atoms in total. The van der Waals surface area contributed by atoms with Gasteiger partial charge in [-0.1, -0.05) is 12.1 Å². The van der Waals surface area contributed by atoms with E-state index in [-0.39, 0.29) is 36.1 Å². The first-order valence-electron chi connectivity index (χ1n) is 9.78. The van der Waals surface area contributed by atoms with Gasteiger partial charge in [0.2, 0.25) is 0 Å². The summed E-state index contributed by atoms with van der Waals surface area (Å²) in [4.78, 5) is 18.3. The van der Waals surface area contributed by atoms with Gasteiger partial charge in [-0.25, -0.2) is 4.79 Å². The molecule has 0 aliphatic rings. The second-order valence-electron chi connectivity index (χ2n) is 7.91. The first kappa shape index (κ1) is 27.3. The maximum Gasteiger partial charge on any atom is 0.410 e. The molecule has 166 valence electrons. The topological polar surface area (TPSA) is 89.2 Å². The molecule has 0 radical (unpaired) electrons. The van der Waals surface area contributed by atoms with Crippen molar-refractivity contribution in [1.29, 1.82) is 0 Å². The molecule has 0 bridgehead atoms. The van der Waals surface area contributed by atoms with Crippen molar-refractivity contribution in [3.8, 4) is 5.75 Å². The van der Waals surface area contributed by atoms with Crippen molar-refractivity contribution in [3.63, 3.8) is 0 Å². The maximum atomic E-state index is 12.3. The lowest BCUT2D eigenvalue weighted by molar-refractivity contribution is 0.0190. The highest BCUT2D eigenvalue weighted by atomic mass is 127. The summed E-state index contributed by atoms with van der Waals surface area (Å²) in [5.41, 5.74) is 6.62. The van der Waals surface area contributed by atoms with Crippen LogP contribution < -0.4 is 15.8 Å². The van der Waals surface area contributed by atoms with Crippen LogP contribution in [0.25, 0.3) is 0 Å². The summed E-state index contributed by atoms with van der Waals surface area (Å²) in [7, 11) is 1.65. The number of nitrogens with two attached hydrogens (primary N) is 1. The van der Waals surface area contributed by atoms with Gasteiger partial charge >= 0.3 is 6.09 Å². The van der Waals surface area contributed by atoms with Gasteiger partial charge in [0.05, 0.1) is 7.11 Å². The summed E-state index contributed by atoms with van der Waals surface area (Å²) in [5, 5.41) is 3.12. The third kappa shape index (κ3) is 11.8. The van der Waals surface area contributed by atoms with Gasteiger partial charge in [0.1, 0.15) is 11.4 Å². The van der Waals surface area contributed by atoms with Crippen LogP contribution in [-0.2, 0) is 11.2 Å². The van der Waals surface area contributed by atoms with Gasteiger partial charge in [0.15, 0.2) is 5.96 Å². The van der Waals surface area contributed by atoms with Gasteiger partial charge in [0.25, 0.3) is 0 Å². The number of carbonyl (C=O) groups is 1. The van der Waals surface area contributed by atoms with E-state index in [0.29, 0.717) is 25.6 Å². The molecule has 0 unspecified atom stereocenters. The predicted octanol–water partition coefficient (Wildman–Crippen LogP) is 3.80. The largest absolute Gasteiger partial charge is 0.497 e. The molecule has 1 amide bonds. The fourth-order valence-corrected chi connectivity index (χ4v) is 2.50. The Morgan fingerprint density at radius 1 is 1.24 bits per heavy atom. The highest BCUT2D eigenvalue weighted by molar-refractivity contribution is 14.0. The molecule has 8 heteroatoms. The molecular weight excluding hydrogens is 483 g/mol. The van der Waals surface area contributed by atoms with E-state index in [0.717, 1.165) is 18.6 Å². The third-order valence-corrected chi connectivity index (χ3v) is 3.97. The van der Waals surface area contributed by atoms with Crippen LogP contribution in [0, 0.1) is 0 Å². The molecule has 0 aromatic heterocycles. The normalized spacial score (nSPS) is 11.6. The lowest BCUT2D eigenvalue weighted by Crippen LogP contribution is -2.41. The lowest BCUT2D eigenvalue weighted by atomic mass is 10.1. The molecule has 1 aromatic rings. The van der Waals surface area contributed by atoms with E-state index in [9.17, 15) is 4.79 Å². The average molecular weight is 520 g/mol. The Bertz CT molecular complexity index is 628. The van der Waals surface area contributed by atoms with Crippen molar-refractivity contribution in [2.24, 2.45) is 10.7 Å². The number of hydrogen-bond acceptors (Lipinski definition) is 4. The smallest absolute Gasteiger partial charge is 0.410 e. The molecule has 0 saturated carbocycles. The Balaban J connectivity index is 0.00000784. The van der Waals surface area contributed by atoms with Gasteiger partial charge < -0.3 is 25.4 Å². The summed E-state index contributed by atoms with van der Waals surface area (Å²) in [6.07, 6.45) is 1.27. The molecule has 1 rings (SSSR count). The number of nitrogens with zero attached hydrogens (tertiary/aromatic N) is 2. The minimum Gasteiger partial charge on any atom is -0.497 e. The summed E-state index contributed by atoms with van der Waals surface area (Å²) >= 11 is 0. The van der Waals surface area contributed by atoms with Crippen LogP contribution in [0.5, 0.6) is 5.75 Å². The summed E-state index contributed by atoms with van der Waals surface area (Å²) in [5.74, 6) is 1.27. The van der Waals surface area contributed by atoms with Crippen molar-refractivity contribution in [2.45, 2.75) is 59.1 Å². The molecule has 0 atom stereocenters. The first-order valence-corrected chi connectivity index (χ1v) is 9.78. The summed E-state index contributed by atoms with van der Waals surface area (Å²) in [6.45, 7) is 11.4. The fraction of sp³-hybridized carbons (Fsp3) is 0.619. The Morgan fingerprint density at radius 3 is 2.38 bits per heavy atom. The Kier molecular flexibility index (Phi) is 12.7. The zero-order chi connectivity index (χ0) is 21.2. The molecule has 0 spiro atoms. The molecule has 0 aliphatic carbocycles. The molecule has 0 fully saturated rings. The molecular formula is C21H37IN4O3. The molecule has 3 N–H and O–H groups in total. The molecule has 0 aliphatic heterocycles. The Labute approximate surface area is 192 Å². The number of hydrogen-bond donors (Lipinski definition) is 2. The van der Waals surface area contributed by atoms with Gasteiger partial charge in [-0.05, 0) is 65.2 Å². The molecule has 29 heavy (non-hydrogen) atoms. The number of nitrogens with one attached hydrogen (secondary N) is 1. The number of rotatable bonds is 9. The molecule has 1 aromatic carbocycles. The third-order valence-electron chi connectivity index (χ3n) is 3.97. The standard InChI is InChI=1S/C21H36N4O3.HI/c1-16(2)25(20(26)28-21(3,4)5)15-7-13-23-19(22)24-14-12-17-8-10-18(27-6)11-9-17;/h8-11,16H,7,12-15H2,1-6H3,(H3,22,23,24);1H. The second kappa shape index (κ2) is 13.5. The van der Waals surface area contributed by atoms with E-state index < -0.39 is 5.60 Å². The van der Waals surface area contributed by atoms with Crippen LogP contribution in [0.4, 0.5) is 4.79 Å². The molecule has 0 saturated heterocycles. The predicted molar refractivity (Wildman–Crippen MR) is 129 cm³/mol. The number of halogens is 1. The summed E-state index contributed by atoms with van der Waals surface area (Å²) < 4.78 is 10.6. The lowest BCUT2D eigenvalue weighted by Gasteiger charge is -2.30. The molecule has 0 heterocycles. The van der Waals surface area contributed by atoms with Crippen LogP contribution in [-0.4, -0.2) is 55.3 Å². The Morgan fingerprint density at radius 2 is 1.86 bits per heavy atom. The van der Waals surface area contributed by atoms with E-state index in [2.05, 4.69) is 10.3 Å². The van der Waals surface area contributed by atoms with E-state index in [1.807, 2.05) is 58.9 Å². The van der Waals surface area contributed by atoms with Gasteiger partial charge in [0, 0.05) is 25.7 Å². The van der Waals surface area contributed by atoms with Crippen molar-refractivity contribution in [2.75, 3.05) is 26.7 Å². The van der Waals surface area contributed by atoms with Crippen molar-refractivity contribution < 1.29 is 14.3 Å². The highest BCUT2D eigenvalue weighted by Crippen LogP contribution is 2.13. The van der Waals surface area contributed by atoms with Crippen LogP contribution >= 0.6 is 24.0 Å². The van der Waals surface area contributed by atoms with E-state index in [1.54, 1.807) is 12.0 Å². The number of guanidine groups is 1. The fourth-order valence-electron chi connectivity index (χ4n) is 2.50. The zero-order valence-corrected chi connectivity index (χ0v) is 20.9. The van der Waals surface area contributed by atoms with E-state index in [1.165, 1.54) is 5.56 Å². The van der Waals surface area contributed by atoms with Crippen molar-refractivity contribution in [3.05, 3.63) is 29.8 Å². The second-order valence-corrected chi connectivity index (χ2v) is 7.91. The van der Waals surface area contributed by atoms with Crippen LogP contribution in [0.3, 0.4) is 0 Å². The van der Waals surface area contributed by atoms with Crippen LogP contribution in [0.15, 0.2) is 29.3 Å². The number of amides is 1. The number of carbonyl (C=O) groups excluding carboxylic acids is 1. The van der Waals surface area contributed by atoms with E-state index in [4.69, 9.17) is 15.2 Å². The van der Waals surface area contributed by atoms with Crippen LogP contribution in [0.1, 0.15) is 46.6 Å². The van der Waals surface area contributed by atoms with Gasteiger partial charge in [-0.3, -0.25) is 4.99 Å². The first-order chi connectivity index (χ1) is 13.1. The highest BCUT2D eigenvalue weighted by Gasteiger charge is 2.23. The number of ether oxygens (including phenoxy) is 2. The number of methoxy groups -OCH3 is 1. The zero-order valence-electron chi connectivity index (χ0n) is 18.5.